The SMILES string of the molecule is CCCCOC(=O)C(C)(C)CN. The number of ether oxygens (including phenoxy) is 1. The molecule has 0 aliphatic carbocycles. The summed E-state index contributed by atoms with van der Waals surface area (Å²) in [6.45, 7) is 6.49. The van der Waals surface area contributed by atoms with Crippen LogP contribution in [0.15, 0.2) is 0 Å². The molecule has 0 aromatic carbocycles. The highest BCUT2D eigenvalue weighted by atomic mass is 16.5. The molecule has 0 saturated carbocycles. The topological polar surface area (TPSA) is 52.3 Å². The summed E-state index contributed by atoms with van der Waals surface area (Å²) in [7, 11) is 0. The molecule has 0 atom stereocenters. The number of carbonyl (C=O) groups is 1. The van der Waals surface area contributed by atoms with E-state index in [9.17, 15) is 4.79 Å². The van der Waals surface area contributed by atoms with Crippen LogP contribution in [-0.4, -0.2) is 19.1 Å². The van der Waals surface area contributed by atoms with Crippen LogP contribution in [0.4, 0.5) is 0 Å². The lowest BCUT2D eigenvalue weighted by molar-refractivity contribution is -0.153. The van der Waals surface area contributed by atoms with Crippen molar-refractivity contribution in [3.63, 3.8) is 0 Å². The van der Waals surface area contributed by atoms with E-state index >= 15 is 0 Å². The minimum Gasteiger partial charge on any atom is -0.465 e. The van der Waals surface area contributed by atoms with Gasteiger partial charge in [-0.2, -0.15) is 0 Å². The highest BCUT2D eigenvalue weighted by Crippen LogP contribution is 2.14. The Morgan fingerprint density at radius 3 is 2.50 bits per heavy atom. The van der Waals surface area contributed by atoms with Crippen molar-refractivity contribution in [2.45, 2.75) is 33.6 Å². The number of esters is 1. The maximum Gasteiger partial charge on any atom is 0.312 e. The van der Waals surface area contributed by atoms with Gasteiger partial charge in [-0.3, -0.25) is 4.79 Å². The minimum absolute atomic E-state index is 0.196. The fourth-order valence-corrected chi connectivity index (χ4v) is 0.588. The molecule has 0 radical (unpaired) electrons. The Balaban J connectivity index is 3.72. The molecule has 0 heterocycles. The van der Waals surface area contributed by atoms with Gasteiger partial charge in [0.1, 0.15) is 0 Å². The van der Waals surface area contributed by atoms with Gasteiger partial charge in [-0.15, -0.1) is 0 Å². The molecule has 0 aliphatic heterocycles. The van der Waals surface area contributed by atoms with Gasteiger partial charge < -0.3 is 10.5 Å². The summed E-state index contributed by atoms with van der Waals surface area (Å²) in [6, 6.07) is 0. The third kappa shape index (κ3) is 3.72. The van der Waals surface area contributed by atoms with Crippen LogP contribution in [0.3, 0.4) is 0 Å². The lowest BCUT2D eigenvalue weighted by Gasteiger charge is -2.19. The molecule has 3 heteroatoms. The van der Waals surface area contributed by atoms with Crippen LogP contribution < -0.4 is 5.73 Å². The molecule has 0 bridgehead atoms. The molecule has 3 nitrogen and oxygen atoms in total. The lowest BCUT2D eigenvalue weighted by atomic mass is 9.94. The summed E-state index contributed by atoms with van der Waals surface area (Å²) < 4.78 is 5.02. The van der Waals surface area contributed by atoms with Crippen molar-refractivity contribution in [3.05, 3.63) is 0 Å². The average molecular weight is 173 g/mol. The number of rotatable bonds is 5. The number of hydrogen-bond donors (Lipinski definition) is 1. The Morgan fingerprint density at radius 1 is 1.50 bits per heavy atom. The molecule has 0 fully saturated rings. The van der Waals surface area contributed by atoms with Crippen molar-refractivity contribution in [3.8, 4) is 0 Å². The van der Waals surface area contributed by atoms with Crippen molar-refractivity contribution < 1.29 is 9.53 Å². The van der Waals surface area contributed by atoms with Gasteiger partial charge in [0.15, 0.2) is 0 Å². The highest BCUT2D eigenvalue weighted by molar-refractivity contribution is 5.76. The van der Waals surface area contributed by atoms with E-state index in [0.29, 0.717) is 13.2 Å². The number of unbranched alkanes of at least 4 members (excludes halogenated alkanes) is 1. The highest BCUT2D eigenvalue weighted by Gasteiger charge is 2.27. The summed E-state index contributed by atoms with van der Waals surface area (Å²) in [5.41, 5.74) is 4.88. The average Bonchev–Trinajstić information content (AvgIpc) is 2.05. The Kier molecular flexibility index (Phi) is 4.90. The molecule has 2 N–H and O–H groups in total. The number of nitrogens with two attached hydrogens (primary N) is 1. The first-order valence-corrected chi connectivity index (χ1v) is 4.42. The van der Waals surface area contributed by atoms with E-state index in [1.807, 2.05) is 0 Å². The Morgan fingerprint density at radius 2 is 2.08 bits per heavy atom. The summed E-state index contributed by atoms with van der Waals surface area (Å²) in [5.74, 6) is -0.196. The molecular formula is C9H19NO2. The number of hydrogen-bond acceptors (Lipinski definition) is 3. The van der Waals surface area contributed by atoms with Crippen LogP contribution >= 0.6 is 0 Å². The van der Waals surface area contributed by atoms with Gasteiger partial charge in [-0.1, -0.05) is 13.3 Å². The molecule has 0 rings (SSSR count). The van der Waals surface area contributed by atoms with E-state index in [0.717, 1.165) is 12.8 Å². The zero-order valence-electron chi connectivity index (χ0n) is 8.22. The van der Waals surface area contributed by atoms with Gasteiger partial charge in [0.05, 0.1) is 12.0 Å². The molecule has 0 saturated heterocycles. The second-order valence-corrected chi connectivity index (χ2v) is 3.58. The first-order valence-electron chi connectivity index (χ1n) is 4.42. The quantitative estimate of drug-likeness (QED) is 0.504. The maximum atomic E-state index is 11.3. The smallest absolute Gasteiger partial charge is 0.312 e. The molecular weight excluding hydrogens is 154 g/mol. The van der Waals surface area contributed by atoms with Crippen molar-refractivity contribution in [1.82, 2.24) is 0 Å². The van der Waals surface area contributed by atoms with Crippen molar-refractivity contribution in [1.29, 1.82) is 0 Å². The molecule has 0 unspecified atom stereocenters. The van der Waals surface area contributed by atoms with Gasteiger partial charge >= 0.3 is 5.97 Å². The molecule has 0 aliphatic rings. The molecule has 0 aromatic heterocycles. The fourth-order valence-electron chi connectivity index (χ4n) is 0.588. The van der Waals surface area contributed by atoms with Crippen LogP contribution in [0.1, 0.15) is 33.6 Å². The molecule has 12 heavy (non-hydrogen) atoms. The van der Waals surface area contributed by atoms with Crippen LogP contribution in [0, 0.1) is 5.41 Å². The van der Waals surface area contributed by atoms with Gasteiger partial charge in [0.25, 0.3) is 0 Å². The molecule has 72 valence electrons. The Labute approximate surface area is 74.3 Å². The van der Waals surface area contributed by atoms with E-state index in [1.54, 1.807) is 13.8 Å². The number of carbonyl (C=O) groups excluding carboxylic acids is 1. The predicted molar refractivity (Wildman–Crippen MR) is 48.7 cm³/mol. The normalized spacial score (nSPS) is 11.3. The van der Waals surface area contributed by atoms with Crippen LogP contribution in [-0.2, 0) is 9.53 Å². The van der Waals surface area contributed by atoms with E-state index < -0.39 is 5.41 Å². The summed E-state index contributed by atoms with van der Waals surface area (Å²) in [4.78, 5) is 11.3. The Hall–Kier alpha value is -0.570. The monoisotopic (exact) mass is 173 g/mol. The second-order valence-electron chi connectivity index (χ2n) is 3.58. The van der Waals surface area contributed by atoms with E-state index in [-0.39, 0.29) is 5.97 Å². The van der Waals surface area contributed by atoms with Gasteiger partial charge in [0.2, 0.25) is 0 Å². The van der Waals surface area contributed by atoms with Crippen molar-refractivity contribution in [2.24, 2.45) is 11.1 Å². The summed E-state index contributed by atoms with van der Waals surface area (Å²) in [6.07, 6.45) is 1.96. The van der Waals surface area contributed by atoms with Crippen LogP contribution in [0.5, 0.6) is 0 Å². The standard InChI is InChI=1S/C9H19NO2/c1-4-5-6-12-8(11)9(2,3)7-10/h4-7,10H2,1-3H3. The first kappa shape index (κ1) is 11.4. The lowest BCUT2D eigenvalue weighted by Crippen LogP contribution is -2.34. The van der Waals surface area contributed by atoms with Crippen molar-refractivity contribution >= 4 is 5.97 Å². The largest absolute Gasteiger partial charge is 0.465 e. The summed E-state index contributed by atoms with van der Waals surface area (Å²) >= 11 is 0. The Bertz CT molecular complexity index is 143. The maximum absolute atomic E-state index is 11.3. The van der Waals surface area contributed by atoms with E-state index in [2.05, 4.69) is 6.92 Å². The van der Waals surface area contributed by atoms with E-state index in [4.69, 9.17) is 10.5 Å². The van der Waals surface area contributed by atoms with Crippen LogP contribution in [0.2, 0.25) is 0 Å². The van der Waals surface area contributed by atoms with Crippen LogP contribution in [0.25, 0.3) is 0 Å². The van der Waals surface area contributed by atoms with Gasteiger partial charge in [-0.25, -0.2) is 0 Å². The van der Waals surface area contributed by atoms with Gasteiger partial charge in [0, 0.05) is 6.54 Å². The van der Waals surface area contributed by atoms with E-state index in [1.165, 1.54) is 0 Å². The third-order valence-corrected chi connectivity index (χ3v) is 1.79. The molecule has 0 amide bonds. The molecule has 0 aromatic rings. The predicted octanol–water partition coefficient (Wildman–Crippen LogP) is 1.31. The minimum atomic E-state index is -0.534. The zero-order chi connectivity index (χ0) is 9.61. The fraction of sp³-hybridized carbons (Fsp3) is 0.889. The first-order chi connectivity index (χ1) is 5.54. The zero-order valence-corrected chi connectivity index (χ0v) is 8.22. The van der Waals surface area contributed by atoms with Crippen molar-refractivity contribution in [2.75, 3.05) is 13.2 Å². The summed E-state index contributed by atoms with van der Waals surface area (Å²) in [5, 5.41) is 0. The second kappa shape index (κ2) is 5.14. The third-order valence-electron chi connectivity index (χ3n) is 1.79. The van der Waals surface area contributed by atoms with Gasteiger partial charge in [-0.05, 0) is 20.3 Å². The molecule has 0 spiro atoms.